The monoisotopic (exact) mass is 369 g/mol. The van der Waals surface area contributed by atoms with Gasteiger partial charge in [-0.2, -0.15) is 0 Å². The lowest BCUT2D eigenvalue weighted by molar-refractivity contribution is -0.402. The van der Waals surface area contributed by atoms with Crippen molar-refractivity contribution in [2.45, 2.75) is 13.0 Å². The van der Waals surface area contributed by atoms with Crippen molar-refractivity contribution >= 4 is 28.7 Å². The summed E-state index contributed by atoms with van der Waals surface area (Å²) >= 11 is 0. The van der Waals surface area contributed by atoms with Crippen molar-refractivity contribution in [3.63, 3.8) is 0 Å². The van der Waals surface area contributed by atoms with E-state index in [-0.39, 0.29) is 5.76 Å². The Morgan fingerprint density at radius 2 is 2.11 bits per heavy atom. The summed E-state index contributed by atoms with van der Waals surface area (Å²) in [6, 6.07) is 7.79. The number of para-hydroxylation sites is 1. The van der Waals surface area contributed by atoms with Gasteiger partial charge in [0.25, 0.3) is 5.91 Å². The van der Waals surface area contributed by atoms with E-state index >= 15 is 0 Å². The third-order valence-electron chi connectivity index (χ3n) is 4.69. The Hall–Kier alpha value is -3.62. The fraction of sp³-hybridized carbons (Fsp3) is 0.222. The fourth-order valence-electron chi connectivity index (χ4n) is 3.39. The summed E-state index contributed by atoms with van der Waals surface area (Å²) in [5.74, 6) is -1.38. The van der Waals surface area contributed by atoms with Gasteiger partial charge in [-0.15, -0.1) is 0 Å². The molecule has 9 nitrogen and oxygen atoms in total. The number of benzene rings is 1. The number of aromatic amines is 1. The number of hydrogen-bond donors (Lipinski definition) is 1. The molecule has 3 aromatic rings. The smallest absolute Gasteiger partial charge is 0.433 e. The van der Waals surface area contributed by atoms with Crippen LogP contribution in [0.2, 0.25) is 0 Å². The molecule has 0 unspecified atom stereocenters. The number of H-pyrrole nitrogens is 1. The van der Waals surface area contributed by atoms with Crippen molar-refractivity contribution in [1.29, 1.82) is 0 Å². The molecule has 0 atom stereocenters. The van der Waals surface area contributed by atoms with Crippen molar-refractivity contribution in [1.82, 2.24) is 9.88 Å². The molecular formula is C18H15N3O6. The van der Waals surface area contributed by atoms with E-state index in [4.69, 9.17) is 9.15 Å². The summed E-state index contributed by atoms with van der Waals surface area (Å²) in [4.78, 5) is 39.5. The number of esters is 1. The Labute approximate surface area is 152 Å². The minimum atomic E-state index is -0.681. The number of fused-ring (bicyclic) bond motifs is 3. The fourth-order valence-corrected chi connectivity index (χ4v) is 3.39. The van der Waals surface area contributed by atoms with E-state index in [2.05, 4.69) is 4.98 Å². The van der Waals surface area contributed by atoms with Crippen LogP contribution in [0, 0.1) is 10.1 Å². The molecule has 1 N–H and O–H groups in total. The lowest BCUT2D eigenvalue weighted by Gasteiger charge is -2.26. The molecule has 0 aliphatic carbocycles. The van der Waals surface area contributed by atoms with Gasteiger partial charge in [-0.1, -0.05) is 12.1 Å². The Morgan fingerprint density at radius 1 is 1.30 bits per heavy atom. The van der Waals surface area contributed by atoms with Gasteiger partial charge in [0.15, 0.2) is 5.76 Å². The van der Waals surface area contributed by atoms with Gasteiger partial charge in [-0.3, -0.25) is 14.9 Å². The molecule has 1 aliphatic heterocycles. The molecule has 27 heavy (non-hydrogen) atoms. The van der Waals surface area contributed by atoms with E-state index in [1.54, 1.807) is 17.0 Å². The molecule has 3 heterocycles. The first-order valence-electron chi connectivity index (χ1n) is 8.24. The third kappa shape index (κ3) is 2.73. The van der Waals surface area contributed by atoms with Crippen LogP contribution in [0.1, 0.15) is 32.2 Å². The van der Waals surface area contributed by atoms with Crippen LogP contribution >= 0.6 is 0 Å². The van der Waals surface area contributed by atoms with Gasteiger partial charge in [0, 0.05) is 36.2 Å². The average molecular weight is 369 g/mol. The lowest BCUT2D eigenvalue weighted by Crippen LogP contribution is -2.35. The minimum Gasteiger partial charge on any atom is -0.465 e. The zero-order valence-corrected chi connectivity index (χ0v) is 14.4. The van der Waals surface area contributed by atoms with E-state index < -0.39 is 22.7 Å². The maximum atomic E-state index is 12.7. The summed E-state index contributed by atoms with van der Waals surface area (Å²) in [6.45, 7) is 0.744. The van der Waals surface area contributed by atoms with Gasteiger partial charge in [-0.05, 0) is 12.1 Å². The molecule has 1 amide bonds. The number of ether oxygens (including phenoxy) is 1. The minimum absolute atomic E-state index is 0.0692. The van der Waals surface area contributed by atoms with Gasteiger partial charge >= 0.3 is 11.9 Å². The van der Waals surface area contributed by atoms with Gasteiger partial charge in [-0.25, -0.2) is 4.79 Å². The SMILES string of the molecule is COC(=O)c1cccc2c3c([nH]c12)CCN(C(=O)c1ccc([N+](=O)[O-])o1)C3. The van der Waals surface area contributed by atoms with Crippen LogP contribution < -0.4 is 0 Å². The van der Waals surface area contributed by atoms with Crippen LogP contribution in [-0.4, -0.2) is 40.3 Å². The van der Waals surface area contributed by atoms with Gasteiger partial charge in [0.2, 0.25) is 0 Å². The van der Waals surface area contributed by atoms with E-state index in [0.717, 1.165) is 22.7 Å². The predicted octanol–water partition coefficient (Wildman–Crippen LogP) is 2.65. The molecule has 0 saturated heterocycles. The maximum Gasteiger partial charge on any atom is 0.433 e. The molecule has 0 spiro atoms. The molecule has 138 valence electrons. The number of nitrogens with zero attached hydrogens (tertiary/aromatic N) is 2. The summed E-state index contributed by atoms with van der Waals surface area (Å²) in [5.41, 5.74) is 2.98. The topological polar surface area (TPSA) is 119 Å². The molecule has 0 fully saturated rings. The zero-order chi connectivity index (χ0) is 19.1. The molecule has 0 saturated carbocycles. The number of aromatic nitrogens is 1. The van der Waals surface area contributed by atoms with E-state index in [1.165, 1.54) is 13.2 Å². The summed E-state index contributed by atoms with van der Waals surface area (Å²) in [6.07, 6.45) is 0.569. The Balaban J connectivity index is 1.67. The zero-order valence-electron chi connectivity index (χ0n) is 14.4. The van der Waals surface area contributed by atoms with E-state index in [1.807, 2.05) is 6.07 Å². The van der Waals surface area contributed by atoms with Crippen molar-refractivity contribution in [3.05, 3.63) is 63.0 Å². The highest BCUT2D eigenvalue weighted by Crippen LogP contribution is 2.31. The number of nitrogens with one attached hydrogen (secondary N) is 1. The maximum absolute atomic E-state index is 12.7. The molecule has 2 aromatic heterocycles. The number of rotatable bonds is 3. The Morgan fingerprint density at radius 3 is 2.81 bits per heavy atom. The molecular weight excluding hydrogens is 354 g/mol. The second kappa shape index (κ2) is 6.27. The summed E-state index contributed by atoms with van der Waals surface area (Å²) in [7, 11) is 1.33. The van der Waals surface area contributed by atoms with Crippen LogP contribution in [0.15, 0.2) is 34.7 Å². The number of carbonyl (C=O) groups is 2. The van der Waals surface area contributed by atoms with Gasteiger partial charge in [0.05, 0.1) is 24.3 Å². The van der Waals surface area contributed by atoms with E-state index in [9.17, 15) is 19.7 Å². The average Bonchev–Trinajstić information content (AvgIpc) is 3.31. The number of furan rings is 1. The number of methoxy groups -OCH3 is 1. The number of amides is 1. The number of hydrogen-bond acceptors (Lipinski definition) is 6. The van der Waals surface area contributed by atoms with Crippen LogP contribution in [0.25, 0.3) is 10.9 Å². The predicted molar refractivity (Wildman–Crippen MR) is 93.4 cm³/mol. The highest BCUT2D eigenvalue weighted by Gasteiger charge is 2.28. The van der Waals surface area contributed by atoms with Crippen molar-refractivity contribution in [2.24, 2.45) is 0 Å². The van der Waals surface area contributed by atoms with Crippen LogP contribution in [-0.2, 0) is 17.7 Å². The highest BCUT2D eigenvalue weighted by molar-refractivity contribution is 6.04. The molecule has 9 heteroatoms. The quantitative estimate of drug-likeness (QED) is 0.431. The first-order chi connectivity index (χ1) is 13.0. The first kappa shape index (κ1) is 16.8. The van der Waals surface area contributed by atoms with Crippen molar-refractivity contribution in [2.75, 3.05) is 13.7 Å². The third-order valence-corrected chi connectivity index (χ3v) is 4.69. The number of carbonyl (C=O) groups excluding carboxylic acids is 2. The summed E-state index contributed by atoms with van der Waals surface area (Å²) < 4.78 is 9.85. The van der Waals surface area contributed by atoms with Gasteiger partial charge < -0.3 is 19.0 Å². The molecule has 0 radical (unpaired) electrons. The standard InChI is InChI=1S/C18H15N3O6/c1-26-18(23)11-4-2-3-10-12-9-20(8-7-13(12)19-16(10)11)17(22)14-5-6-15(27-14)21(24)25/h2-6,19H,7-9H2,1H3. The van der Waals surface area contributed by atoms with Crippen LogP contribution in [0.3, 0.4) is 0 Å². The highest BCUT2D eigenvalue weighted by atomic mass is 16.6. The first-order valence-corrected chi connectivity index (χ1v) is 8.24. The second-order valence-electron chi connectivity index (χ2n) is 6.17. The second-order valence-corrected chi connectivity index (χ2v) is 6.17. The van der Waals surface area contributed by atoms with Crippen LogP contribution in [0.5, 0.6) is 0 Å². The molecule has 1 aromatic carbocycles. The van der Waals surface area contributed by atoms with Crippen molar-refractivity contribution in [3.8, 4) is 0 Å². The number of nitro groups is 1. The van der Waals surface area contributed by atoms with E-state index in [0.29, 0.717) is 30.6 Å². The Bertz CT molecular complexity index is 1080. The van der Waals surface area contributed by atoms with Gasteiger partial charge in [0.1, 0.15) is 4.92 Å². The van der Waals surface area contributed by atoms with Crippen molar-refractivity contribution < 1.29 is 23.7 Å². The Kier molecular flexibility index (Phi) is 3.91. The summed E-state index contributed by atoms with van der Waals surface area (Å²) in [5, 5.41) is 11.6. The van der Waals surface area contributed by atoms with Crippen LogP contribution in [0.4, 0.5) is 5.88 Å². The molecule has 1 aliphatic rings. The lowest BCUT2D eigenvalue weighted by atomic mass is 10.0. The normalized spacial score (nSPS) is 13.4. The molecule has 4 rings (SSSR count). The molecule has 0 bridgehead atoms. The largest absolute Gasteiger partial charge is 0.465 e.